The van der Waals surface area contributed by atoms with Gasteiger partial charge in [0.1, 0.15) is 5.75 Å². The number of rotatable bonds is 6. The number of likely N-dealkylation sites (tertiary alicyclic amines) is 1. The van der Waals surface area contributed by atoms with Gasteiger partial charge in [-0.1, -0.05) is 30.7 Å². The van der Waals surface area contributed by atoms with E-state index in [4.69, 9.17) is 16.3 Å². The second kappa shape index (κ2) is 11.1. The Morgan fingerprint density at radius 3 is 2.45 bits per heavy atom. The van der Waals surface area contributed by atoms with Gasteiger partial charge in [-0.2, -0.15) is 0 Å². The van der Waals surface area contributed by atoms with Crippen LogP contribution in [0.3, 0.4) is 0 Å². The molecular formula is C26H35ClN4O2. The molecule has 1 N–H and O–H groups in total. The number of ether oxygens (including phenoxy) is 1. The van der Waals surface area contributed by atoms with E-state index in [1.165, 1.54) is 18.5 Å². The number of carbonyl (C=O) groups excluding carboxylic acids is 1. The van der Waals surface area contributed by atoms with E-state index in [2.05, 4.69) is 28.1 Å². The lowest BCUT2D eigenvalue weighted by Crippen LogP contribution is -2.50. The Bertz CT molecular complexity index is 938. The molecule has 0 bridgehead atoms. The van der Waals surface area contributed by atoms with Gasteiger partial charge in [0.05, 0.1) is 17.8 Å². The van der Waals surface area contributed by atoms with Gasteiger partial charge < -0.3 is 24.8 Å². The zero-order chi connectivity index (χ0) is 23.2. The van der Waals surface area contributed by atoms with Crippen LogP contribution in [0.5, 0.6) is 5.75 Å². The molecular weight excluding hydrogens is 436 g/mol. The molecule has 2 aliphatic heterocycles. The van der Waals surface area contributed by atoms with Crippen LogP contribution in [0.2, 0.25) is 5.02 Å². The summed E-state index contributed by atoms with van der Waals surface area (Å²) in [6.45, 7) is 8.50. The Kier molecular flexibility index (Phi) is 7.99. The average molecular weight is 471 g/mol. The number of hydrogen-bond acceptors (Lipinski definition) is 4. The lowest BCUT2D eigenvalue weighted by Gasteiger charge is -2.36. The van der Waals surface area contributed by atoms with Crippen LogP contribution in [0.25, 0.3) is 0 Å². The Morgan fingerprint density at radius 2 is 1.79 bits per heavy atom. The molecule has 2 aromatic carbocycles. The summed E-state index contributed by atoms with van der Waals surface area (Å²) < 4.78 is 5.66. The van der Waals surface area contributed by atoms with E-state index in [-0.39, 0.29) is 6.03 Å². The van der Waals surface area contributed by atoms with Crippen LogP contribution in [0.4, 0.5) is 16.2 Å². The number of benzene rings is 2. The highest BCUT2D eigenvalue weighted by Gasteiger charge is 2.25. The van der Waals surface area contributed by atoms with Crippen molar-refractivity contribution < 1.29 is 9.53 Å². The number of carbonyl (C=O) groups is 1. The summed E-state index contributed by atoms with van der Waals surface area (Å²) in [6, 6.07) is 13.8. The first-order chi connectivity index (χ1) is 16.1. The topological polar surface area (TPSA) is 48.1 Å². The predicted octanol–water partition coefficient (Wildman–Crippen LogP) is 5.29. The van der Waals surface area contributed by atoms with Crippen LogP contribution in [-0.2, 0) is 0 Å². The summed E-state index contributed by atoms with van der Waals surface area (Å²) in [5.41, 5.74) is 3.07. The lowest BCUT2D eigenvalue weighted by molar-refractivity contribution is 0.208. The lowest BCUT2D eigenvalue weighted by atomic mass is 9.88. The summed E-state index contributed by atoms with van der Waals surface area (Å²) in [5.74, 6) is 1.37. The van der Waals surface area contributed by atoms with Crippen LogP contribution in [0.15, 0.2) is 42.5 Å². The molecule has 0 spiro atoms. The van der Waals surface area contributed by atoms with Crippen LogP contribution in [0, 0.1) is 0 Å². The van der Waals surface area contributed by atoms with Crippen molar-refractivity contribution in [2.45, 2.75) is 32.1 Å². The van der Waals surface area contributed by atoms with Gasteiger partial charge in [-0.25, -0.2) is 4.79 Å². The van der Waals surface area contributed by atoms with Crippen molar-refractivity contribution in [2.75, 3.05) is 63.1 Å². The van der Waals surface area contributed by atoms with Crippen LogP contribution < -0.4 is 15.0 Å². The first-order valence-corrected chi connectivity index (χ1v) is 12.4. The molecule has 6 nitrogen and oxygen atoms in total. The van der Waals surface area contributed by atoms with E-state index in [1.54, 1.807) is 7.11 Å². The van der Waals surface area contributed by atoms with Gasteiger partial charge in [-0.05, 0) is 80.7 Å². The van der Waals surface area contributed by atoms with Crippen molar-refractivity contribution in [3.63, 3.8) is 0 Å². The predicted molar refractivity (Wildman–Crippen MR) is 136 cm³/mol. The Morgan fingerprint density at radius 1 is 1.06 bits per heavy atom. The molecule has 2 aromatic rings. The fourth-order valence-electron chi connectivity index (χ4n) is 4.98. The average Bonchev–Trinajstić information content (AvgIpc) is 2.85. The van der Waals surface area contributed by atoms with Gasteiger partial charge in [0, 0.05) is 31.9 Å². The number of anilines is 2. The third kappa shape index (κ3) is 5.74. The molecule has 0 unspecified atom stereocenters. The van der Waals surface area contributed by atoms with Gasteiger partial charge in [0.15, 0.2) is 0 Å². The van der Waals surface area contributed by atoms with Gasteiger partial charge in [-0.15, -0.1) is 0 Å². The number of nitrogens with one attached hydrogen (secondary N) is 1. The van der Waals surface area contributed by atoms with Crippen molar-refractivity contribution in [3.8, 4) is 5.75 Å². The zero-order valence-corrected chi connectivity index (χ0v) is 20.5. The number of piperidine rings is 1. The number of methoxy groups -OCH3 is 1. The summed E-state index contributed by atoms with van der Waals surface area (Å²) in [5, 5.41) is 3.87. The van der Waals surface area contributed by atoms with E-state index in [0.29, 0.717) is 19.0 Å². The number of amides is 2. The van der Waals surface area contributed by atoms with Gasteiger partial charge in [0.25, 0.3) is 0 Å². The molecule has 4 rings (SSSR count). The number of piperazine rings is 1. The maximum atomic E-state index is 13.0. The summed E-state index contributed by atoms with van der Waals surface area (Å²) >= 11 is 6.34. The Labute approximate surface area is 202 Å². The quantitative estimate of drug-likeness (QED) is 0.623. The van der Waals surface area contributed by atoms with Crippen LogP contribution in [0.1, 0.15) is 37.7 Å². The smallest absolute Gasteiger partial charge is 0.321 e. The number of urea groups is 1. The van der Waals surface area contributed by atoms with Crippen molar-refractivity contribution in [1.29, 1.82) is 0 Å². The fraction of sp³-hybridized carbons (Fsp3) is 0.500. The maximum absolute atomic E-state index is 13.0. The molecule has 0 radical (unpaired) electrons. The van der Waals surface area contributed by atoms with E-state index in [1.807, 2.05) is 41.3 Å². The van der Waals surface area contributed by atoms with Crippen LogP contribution >= 0.6 is 11.6 Å². The molecule has 7 heteroatoms. The highest BCUT2D eigenvalue weighted by molar-refractivity contribution is 6.33. The number of nitrogens with zero attached hydrogens (tertiary/aromatic N) is 3. The Balaban J connectivity index is 1.36. The molecule has 33 heavy (non-hydrogen) atoms. The maximum Gasteiger partial charge on any atom is 0.321 e. The summed E-state index contributed by atoms with van der Waals surface area (Å²) in [6.07, 6.45) is 3.44. The second-order valence-corrected chi connectivity index (χ2v) is 9.34. The van der Waals surface area contributed by atoms with Crippen molar-refractivity contribution in [2.24, 2.45) is 0 Å². The molecule has 2 heterocycles. The molecule has 178 valence electrons. The first-order valence-electron chi connectivity index (χ1n) is 12.0. The number of hydrogen-bond donors (Lipinski definition) is 1. The SMILES string of the molecule is CCCN1CCC(c2cc(NC(=O)N3CCN(c4ccccc4Cl)CC3)ccc2OC)CC1. The third-order valence-electron chi connectivity index (χ3n) is 6.81. The number of halogens is 1. The largest absolute Gasteiger partial charge is 0.496 e. The van der Waals surface area contributed by atoms with E-state index in [9.17, 15) is 4.79 Å². The zero-order valence-electron chi connectivity index (χ0n) is 19.7. The number of para-hydroxylation sites is 1. The fourth-order valence-corrected chi connectivity index (χ4v) is 5.23. The summed E-state index contributed by atoms with van der Waals surface area (Å²) in [4.78, 5) is 19.6. The molecule has 2 fully saturated rings. The van der Waals surface area contributed by atoms with Crippen molar-refractivity contribution in [1.82, 2.24) is 9.80 Å². The van der Waals surface area contributed by atoms with Gasteiger partial charge in [0.2, 0.25) is 0 Å². The normalized spacial score (nSPS) is 17.8. The monoisotopic (exact) mass is 470 g/mol. The highest BCUT2D eigenvalue weighted by Crippen LogP contribution is 2.36. The van der Waals surface area contributed by atoms with Crippen molar-refractivity contribution in [3.05, 3.63) is 53.1 Å². The van der Waals surface area contributed by atoms with Crippen LogP contribution in [-0.4, -0.2) is 68.8 Å². The van der Waals surface area contributed by atoms with E-state index >= 15 is 0 Å². The molecule has 2 saturated heterocycles. The van der Waals surface area contributed by atoms with Crippen molar-refractivity contribution >= 4 is 29.0 Å². The minimum absolute atomic E-state index is 0.0531. The van der Waals surface area contributed by atoms with Gasteiger partial charge in [-0.3, -0.25) is 0 Å². The van der Waals surface area contributed by atoms with Gasteiger partial charge >= 0.3 is 6.03 Å². The summed E-state index contributed by atoms with van der Waals surface area (Å²) in [7, 11) is 1.72. The third-order valence-corrected chi connectivity index (χ3v) is 7.13. The molecule has 2 aliphatic rings. The van der Waals surface area contributed by atoms with E-state index in [0.717, 1.165) is 61.2 Å². The second-order valence-electron chi connectivity index (χ2n) is 8.93. The molecule has 0 saturated carbocycles. The minimum Gasteiger partial charge on any atom is -0.496 e. The molecule has 0 atom stereocenters. The minimum atomic E-state index is -0.0531. The first kappa shape index (κ1) is 23.7. The standard InChI is InChI=1S/C26H35ClN4O2/c1-3-12-29-13-10-20(11-14-29)22-19-21(8-9-25(22)33-2)28-26(32)31-17-15-30(16-18-31)24-7-5-4-6-23(24)27/h4-9,19-20H,3,10-18H2,1-2H3,(H,28,32). The highest BCUT2D eigenvalue weighted by atomic mass is 35.5. The van der Waals surface area contributed by atoms with E-state index < -0.39 is 0 Å². The molecule has 2 amide bonds. The molecule has 0 aromatic heterocycles. The Hall–Kier alpha value is -2.44. The molecule has 0 aliphatic carbocycles.